The first-order chi connectivity index (χ1) is 11.1. The third-order valence-corrected chi connectivity index (χ3v) is 4.00. The van der Waals surface area contributed by atoms with Gasteiger partial charge in [0.1, 0.15) is 5.75 Å². The molecule has 5 heteroatoms. The highest BCUT2D eigenvalue weighted by Gasteiger charge is 2.43. The van der Waals surface area contributed by atoms with Crippen molar-refractivity contribution in [1.82, 2.24) is 0 Å². The van der Waals surface area contributed by atoms with E-state index in [1.165, 1.54) is 12.0 Å². The summed E-state index contributed by atoms with van der Waals surface area (Å²) in [4.78, 5) is 26.6. The fraction of sp³-hybridized carbons (Fsp3) is 0.222. The van der Waals surface area contributed by atoms with E-state index >= 15 is 0 Å². The molecule has 1 aliphatic rings. The molecular formula is C18H17NO4. The number of nitrogens with zero attached hydrogens (tertiary/aromatic N) is 1. The van der Waals surface area contributed by atoms with Gasteiger partial charge in [-0.3, -0.25) is 9.69 Å². The van der Waals surface area contributed by atoms with Crippen molar-refractivity contribution in [2.75, 3.05) is 19.1 Å². The van der Waals surface area contributed by atoms with E-state index in [4.69, 9.17) is 9.47 Å². The average molecular weight is 311 g/mol. The molecule has 1 unspecified atom stereocenters. The SMILES string of the molecule is COC(=O)C1c2cc(OC)ccc2C(=O)N1c1ccc(C)cc1. The van der Waals surface area contributed by atoms with Gasteiger partial charge in [-0.2, -0.15) is 0 Å². The van der Waals surface area contributed by atoms with Crippen LogP contribution in [0.1, 0.15) is 27.5 Å². The molecule has 3 rings (SSSR count). The van der Waals surface area contributed by atoms with E-state index in [1.807, 2.05) is 31.2 Å². The second-order valence-electron chi connectivity index (χ2n) is 5.39. The van der Waals surface area contributed by atoms with Crippen molar-refractivity contribution in [3.63, 3.8) is 0 Å². The van der Waals surface area contributed by atoms with Crippen molar-refractivity contribution in [2.45, 2.75) is 13.0 Å². The summed E-state index contributed by atoms with van der Waals surface area (Å²) in [6.45, 7) is 1.97. The van der Waals surface area contributed by atoms with Crippen LogP contribution in [0.15, 0.2) is 42.5 Å². The maximum Gasteiger partial charge on any atom is 0.333 e. The molecule has 1 atom stereocenters. The number of benzene rings is 2. The van der Waals surface area contributed by atoms with Crippen LogP contribution in [-0.2, 0) is 9.53 Å². The molecule has 2 aromatic rings. The zero-order valence-electron chi connectivity index (χ0n) is 13.2. The summed E-state index contributed by atoms with van der Waals surface area (Å²) >= 11 is 0. The molecule has 0 saturated heterocycles. The number of amides is 1. The third kappa shape index (κ3) is 2.44. The van der Waals surface area contributed by atoms with Crippen LogP contribution in [-0.4, -0.2) is 26.1 Å². The molecule has 118 valence electrons. The lowest BCUT2D eigenvalue weighted by atomic mass is 10.0. The van der Waals surface area contributed by atoms with E-state index < -0.39 is 12.0 Å². The normalized spacial score (nSPS) is 16.2. The minimum absolute atomic E-state index is 0.220. The van der Waals surface area contributed by atoms with Gasteiger partial charge in [-0.25, -0.2) is 4.79 Å². The first-order valence-electron chi connectivity index (χ1n) is 7.23. The van der Waals surface area contributed by atoms with Gasteiger partial charge in [-0.1, -0.05) is 17.7 Å². The van der Waals surface area contributed by atoms with E-state index in [2.05, 4.69) is 0 Å². The monoisotopic (exact) mass is 311 g/mol. The van der Waals surface area contributed by atoms with Gasteiger partial charge in [0.05, 0.1) is 14.2 Å². The number of fused-ring (bicyclic) bond motifs is 1. The molecule has 2 aromatic carbocycles. The fourth-order valence-corrected chi connectivity index (χ4v) is 2.79. The van der Waals surface area contributed by atoms with Crippen molar-refractivity contribution in [2.24, 2.45) is 0 Å². The Morgan fingerprint density at radius 3 is 2.39 bits per heavy atom. The molecule has 1 amide bonds. The lowest BCUT2D eigenvalue weighted by Gasteiger charge is -2.23. The van der Waals surface area contributed by atoms with E-state index in [0.717, 1.165) is 5.56 Å². The first-order valence-corrected chi connectivity index (χ1v) is 7.23. The number of aryl methyl sites for hydroxylation is 1. The molecule has 0 saturated carbocycles. The molecule has 0 fully saturated rings. The number of rotatable bonds is 3. The number of hydrogen-bond donors (Lipinski definition) is 0. The smallest absolute Gasteiger partial charge is 0.333 e. The van der Waals surface area contributed by atoms with Crippen molar-refractivity contribution in [3.05, 3.63) is 59.2 Å². The zero-order chi connectivity index (χ0) is 16.6. The van der Waals surface area contributed by atoms with E-state index in [0.29, 0.717) is 22.6 Å². The lowest BCUT2D eigenvalue weighted by Crippen LogP contribution is -2.33. The zero-order valence-corrected chi connectivity index (χ0v) is 13.2. The highest BCUT2D eigenvalue weighted by molar-refractivity contribution is 6.15. The van der Waals surface area contributed by atoms with Crippen LogP contribution in [0, 0.1) is 6.92 Å². The third-order valence-electron chi connectivity index (χ3n) is 4.00. The minimum Gasteiger partial charge on any atom is -0.497 e. The van der Waals surface area contributed by atoms with Crippen LogP contribution in [0.25, 0.3) is 0 Å². The van der Waals surface area contributed by atoms with Crippen LogP contribution < -0.4 is 9.64 Å². The number of esters is 1. The predicted molar refractivity (Wildman–Crippen MR) is 85.7 cm³/mol. The predicted octanol–water partition coefficient (Wildman–Crippen LogP) is 2.88. The summed E-state index contributed by atoms with van der Waals surface area (Å²) in [6, 6.07) is 11.8. The molecular weight excluding hydrogens is 294 g/mol. The quantitative estimate of drug-likeness (QED) is 0.818. The first kappa shape index (κ1) is 15.1. The van der Waals surface area contributed by atoms with Gasteiger partial charge >= 0.3 is 5.97 Å². The minimum atomic E-state index is -0.805. The molecule has 23 heavy (non-hydrogen) atoms. The largest absolute Gasteiger partial charge is 0.497 e. The number of anilines is 1. The molecule has 0 N–H and O–H groups in total. The Labute approximate surface area is 134 Å². The Morgan fingerprint density at radius 1 is 1.09 bits per heavy atom. The lowest BCUT2D eigenvalue weighted by molar-refractivity contribution is -0.142. The van der Waals surface area contributed by atoms with Crippen LogP contribution >= 0.6 is 0 Å². The summed E-state index contributed by atoms with van der Waals surface area (Å²) in [5, 5.41) is 0. The molecule has 0 spiro atoms. The van der Waals surface area contributed by atoms with Gasteiger partial charge in [-0.05, 0) is 37.3 Å². The van der Waals surface area contributed by atoms with E-state index in [-0.39, 0.29) is 5.91 Å². The van der Waals surface area contributed by atoms with Crippen LogP contribution in [0.2, 0.25) is 0 Å². The Kier molecular flexibility index (Phi) is 3.78. The van der Waals surface area contributed by atoms with E-state index in [1.54, 1.807) is 25.3 Å². The highest BCUT2D eigenvalue weighted by atomic mass is 16.5. The Morgan fingerprint density at radius 2 is 1.78 bits per heavy atom. The second kappa shape index (κ2) is 5.76. The summed E-state index contributed by atoms with van der Waals surface area (Å²) in [5.74, 6) is -0.107. The summed E-state index contributed by atoms with van der Waals surface area (Å²) in [5.41, 5.74) is 2.82. The standard InChI is InChI=1S/C18H17NO4/c1-11-4-6-12(7-5-11)19-16(18(21)23-3)15-10-13(22-2)8-9-14(15)17(19)20/h4-10,16H,1-3H3. The molecule has 0 bridgehead atoms. The summed E-state index contributed by atoms with van der Waals surface area (Å²) in [7, 11) is 2.86. The van der Waals surface area contributed by atoms with Gasteiger partial charge in [0.2, 0.25) is 0 Å². The van der Waals surface area contributed by atoms with Crippen LogP contribution in [0.3, 0.4) is 0 Å². The molecule has 1 heterocycles. The van der Waals surface area contributed by atoms with Crippen molar-refractivity contribution >= 4 is 17.6 Å². The van der Waals surface area contributed by atoms with Crippen LogP contribution in [0.4, 0.5) is 5.69 Å². The highest BCUT2D eigenvalue weighted by Crippen LogP contribution is 2.39. The Balaban J connectivity index is 2.14. The van der Waals surface area contributed by atoms with Crippen molar-refractivity contribution < 1.29 is 19.1 Å². The Bertz CT molecular complexity index is 767. The number of methoxy groups -OCH3 is 2. The molecule has 0 aliphatic carbocycles. The molecule has 0 radical (unpaired) electrons. The molecule has 5 nitrogen and oxygen atoms in total. The topological polar surface area (TPSA) is 55.8 Å². The number of carbonyl (C=O) groups is 2. The van der Waals surface area contributed by atoms with Crippen molar-refractivity contribution in [3.8, 4) is 5.75 Å². The number of carbonyl (C=O) groups excluding carboxylic acids is 2. The number of ether oxygens (including phenoxy) is 2. The van der Waals surface area contributed by atoms with Gasteiger partial charge < -0.3 is 9.47 Å². The summed E-state index contributed by atoms with van der Waals surface area (Å²) < 4.78 is 10.1. The van der Waals surface area contributed by atoms with Crippen LogP contribution in [0.5, 0.6) is 5.75 Å². The average Bonchev–Trinajstić information content (AvgIpc) is 2.87. The Hall–Kier alpha value is -2.82. The van der Waals surface area contributed by atoms with Crippen molar-refractivity contribution in [1.29, 1.82) is 0 Å². The van der Waals surface area contributed by atoms with Gasteiger partial charge in [-0.15, -0.1) is 0 Å². The number of hydrogen-bond acceptors (Lipinski definition) is 4. The van der Waals surface area contributed by atoms with Gasteiger partial charge in [0, 0.05) is 16.8 Å². The summed E-state index contributed by atoms with van der Waals surface area (Å²) in [6.07, 6.45) is 0. The fourth-order valence-electron chi connectivity index (χ4n) is 2.79. The molecule has 0 aromatic heterocycles. The van der Waals surface area contributed by atoms with Gasteiger partial charge in [0.25, 0.3) is 5.91 Å². The van der Waals surface area contributed by atoms with E-state index in [9.17, 15) is 9.59 Å². The maximum atomic E-state index is 12.8. The molecule has 1 aliphatic heterocycles. The maximum absolute atomic E-state index is 12.8. The second-order valence-corrected chi connectivity index (χ2v) is 5.39. The van der Waals surface area contributed by atoms with Gasteiger partial charge in [0.15, 0.2) is 6.04 Å².